The van der Waals surface area contributed by atoms with E-state index in [9.17, 15) is 13.2 Å². The zero-order valence-electron chi connectivity index (χ0n) is 12.8. The molecule has 6 nitrogen and oxygen atoms in total. The van der Waals surface area contributed by atoms with E-state index in [0.717, 1.165) is 5.56 Å². The molecule has 0 bridgehead atoms. The van der Waals surface area contributed by atoms with Crippen molar-refractivity contribution in [2.24, 2.45) is 4.99 Å². The summed E-state index contributed by atoms with van der Waals surface area (Å²) in [5, 5.41) is 3.19. The highest BCUT2D eigenvalue weighted by Crippen LogP contribution is 2.26. The molecule has 2 aliphatic heterocycles. The topological polar surface area (TPSA) is 78.8 Å². The number of carbonyl (C=O) groups excluding carboxylic acids is 1. The third-order valence-electron chi connectivity index (χ3n) is 3.42. The molecule has 0 spiro atoms. The Morgan fingerprint density at radius 3 is 2.58 bits per heavy atom. The van der Waals surface area contributed by atoms with E-state index in [2.05, 4.69) is 10.3 Å². The predicted octanol–water partition coefficient (Wildman–Crippen LogP) is 1.95. The molecule has 1 amide bonds. The Labute approximate surface area is 144 Å². The first-order valence-electron chi connectivity index (χ1n) is 7.13. The van der Waals surface area contributed by atoms with Gasteiger partial charge in [0.05, 0.1) is 16.3 Å². The molecule has 0 atom stereocenters. The van der Waals surface area contributed by atoms with Crippen molar-refractivity contribution in [3.8, 4) is 0 Å². The Balaban J connectivity index is 1.82. The lowest BCUT2D eigenvalue weighted by molar-refractivity contribution is -0.115. The Bertz CT molecular complexity index is 882. The van der Waals surface area contributed by atoms with Gasteiger partial charge in [-0.2, -0.15) is 0 Å². The molecule has 3 rings (SSSR count). The largest absolute Gasteiger partial charge is 0.301 e. The van der Waals surface area contributed by atoms with Crippen LogP contribution in [0, 0.1) is 0 Å². The molecule has 8 heteroatoms. The molecule has 1 aromatic carbocycles. The molecule has 24 heavy (non-hydrogen) atoms. The summed E-state index contributed by atoms with van der Waals surface area (Å²) in [5.41, 5.74) is 0.748. The molecule has 2 aliphatic rings. The van der Waals surface area contributed by atoms with Gasteiger partial charge in [0, 0.05) is 13.2 Å². The molecule has 1 saturated heterocycles. The van der Waals surface area contributed by atoms with Gasteiger partial charge in [0.2, 0.25) is 0 Å². The van der Waals surface area contributed by atoms with Crippen LogP contribution in [0.4, 0.5) is 0 Å². The van der Waals surface area contributed by atoms with Crippen molar-refractivity contribution in [3.63, 3.8) is 0 Å². The number of aliphatic imine (C=N–C) groups is 1. The summed E-state index contributed by atoms with van der Waals surface area (Å²) >= 11 is 1.25. The number of allylic oxidation sites excluding steroid dienone is 2. The van der Waals surface area contributed by atoms with E-state index in [1.165, 1.54) is 22.3 Å². The zero-order valence-corrected chi connectivity index (χ0v) is 14.5. The Morgan fingerprint density at radius 2 is 2.00 bits per heavy atom. The third-order valence-corrected chi connectivity index (χ3v) is 6.18. The molecule has 1 fully saturated rings. The van der Waals surface area contributed by atoms with Gasteiger partial charge in [-0.25, -0.2) is 8.42 Å². The van der Waals surface area contributed by atoms with Gasteiger partial charge in [0.1, 0.15) is 0 Å². The Hall–Kier alpha value is -2.32. The molecule has 124 valence electrons. The Morgan fingerprint density at radius 1 is 1.25 bits per heavy atom. The van der Waals surface area contributed by atoms with Crippen LogP contribution in [0.25, 0.3) is 6.08 Å². The number of hydrogen-bond acceptors (Lipinski definition) is 5. The fraction of sp³-hybridized carbons (Fsp3) is 0.125. The van der Waals surface area contributed by atoms with Gasteiger partial charge in [0.25, 0.3) is 15.9 Å². The monoisotopic (exact) mass is 361 g/mol. The average molecular weight is 361 g/mol. The standard InChI is InChI=1S/C16H15N3O3S2/c1-17-16-18-15(20)14(23-16)11-12-5-7-13(8-6-12)24(21,22)19-9-3-2-4-10-19/h2-9,11H,10H2,1H3,(H,17,18,20). The molecule has 1 aromatic rings. The number of amides is 1. The number of hydrogen-bond donors (Lipinski definition) is 1. The molecule has 2 heterocycles. The molecule has 0 radical (unpaired) electrons. The lowest BCUT2D eigenvalue weighted by Gasteiger charge is -2.20. The van der Waals surface area contributed by atoms with Crippen LogP contribution in [0.1, 0.15) is 5.56 Å². The number of sulfonamides is 1. The molecule has 1 N–H and O–H groups in total. The average Bonchev–Trinajstić information content (AvgIpc) is 2.96. The zero-order chi connectivity index (χ0) is 17.2. The first-order valence-corrected chi connectivity index (χ1v) is 9.39. The predicted molar refractivity (Wildman–Crippen MR) is 95.7 cm³/mol. The van der Waals surface area contributed by atoms with E-state index in [1.807, 2.05) is 0 Å². The SMILES string of the molecule is CN=C1NC(=O)C(=Cc2ccc(S(=O)(=O)N3C=CC=CC3)cc2)S1. The maximum Gasteiger partial charge on any atom is 0.264 e. The van der Waals surface area contributed by atoms with Crippen LogP contribution in [0.2, 0.25) is 0 Å². The number of carbonyl (C=O) groups is 1. The number of rotatable bonds is 3. The second-order valence-electron chi connectivity index (χ2n) is 5.01. The van der Waals surface area contributed by atoms with Gasteiger partial charge in [-0.05, 0) is 41.6 Å². The van der Waals surface area contributed by atoms with E-state index in [1.54, 1.807) is 55.6 Å². The molecule has 0 saturated carbocycles. The van der Waals surface area contributed by atoms with Gasteiger partial charge in [0.15, 0.2) is 5.17 Å². The van der Waals surface area contributed by atoms with Crippen molar-refractivity contribution in [1.82, 2.24) is 9.62 Å². The maximum atomic E-state index is 12.5. The van der Waals surface area contributed by atoms with Gasteiger partial charge in [-0.3, -0.25) is 14.1 Å². The Kier molecular flexibility index (Phi) is 4.59. The van der Waals surface area contributed by atoms with Crippen molar-refractivity contribution in [3.05, 3.63) is 59.2 Å². The van der Waals surface area contributed by atoms with Gasteiger partial charge < -0.3 is 5.32 Å². The van der Waals surface area contributed by atoms with E-state index in [4.69, 9.17) is 0 Å². The van der Waals surface area contributed by atoms with E-state index < -0.39 is 10.0 Å². The molecular formula is C16H15N3O3S2. The summed E-state index contributed by atoms with van der Waals surface area (Å²) in [5.74, 6) is -0.206. The first-order chi connectivity index (χ1) is 11.5. The summed E-state index contributed by atoms with van der Waals surface area (Å²) in [6.07, 6.45) is 8.51. The van der Waals surface area contributed by atoms with Crippen molar-refractivity contribution < 1.29 is 13.2 Å². The summed E-state index contributed by atoms with van der Waals surface area (Å²) in [7, 11) is -1.95. The van der Waals surface area contributed by atoms with Crippen LogP contribution in [0.3, 0.4) is 0 Å². The number of amidine groups is 1. The van der Waals surface area contributed by atoms with Crippen molar-refractivity contribution >= 4 is 38.9 Å². The van der Waals surface area contributed by atoms with Gasteiger partial charge >= 0.3 is 0 Å². The van der Waals surface area contributed by atoms with Gasteiger partial charge in [-0.15, -0.1) is 0 Å². The van der Waals surface area contributed by atoms with E-state index >= 15 is 0 Å². The highest BCUT2D eigenvalue weighted by molar-refractivity contribution is 8.18. The fourth-order valence-corrected chi connectivity index (χ4v) is 4.23. The van der Waals surface area contributed by atoms with Crippen LogP contribution < -0.4 is 5.32 Å². The van der Waals surface area contributed by atoms with Crippen LogP contribution in [0.15, 0.2) is 63.5 Å². The van der Waals surface area contributed by atoms with Crippen molar-refractivity contribution in [2.75, 3.05) is 13.6 Å². The number of nitrogens with one attached hydrogen (secondary N) is 1. The number of nitrogens with zero attached hydrogens (tertiary/aromatic N) is 2. The summed E-state index contributed by atoms with van der Waals surface area (Å²) in [6, 6.07) is 6.44. The van der Waals surface area contributed by atoms with Crippen LogP contribution in [-0.2, 0) is 14.8 Å². The van der Waals surface area contributed by atoms with Crippen LogP contribution in [0.5, 0.6) is 0 Å². The summed E-state index contributed by atoms with van der Waals surface area (Å²) in [6.45, 7) is 0.320. The second kappa shape index (κ2) is 6.66. The maximum absolute atomic E-state index is 12.5. The smallest absolute Gasteiger partial charge is 0.264 e. The molecule has 0 aromatic heterocycles. The minimum Gasteiger partial charge on any atom is -0.301 e. The van der Waals surface area contributed by atoms with Crippen molar-refractivity contribution in [2.45, 2.75) is 4.90 Å². The van der Waals surface area contributed by atoms with Gasteiger partial charge in [-0.1, -0.05) is 24.3 Å². The number of thioether (sulfide) groups is 1. The van der Waals surface area contributed by atoms with Crippen LogP contribution >= 0.6 is 11.8 Å². The van der Waals surface area contributed by atoms with E-state index in [0.29, 0.717) is 16.6 Å². The fourth-order valence-electron chi connectivity index (χ4n) is 2.18. The molecule has 0 aliphatic carbocycles. The normalized spacial score (nSPS) is 20.9. The summed E-state index contributed by atoms with van der Waals surface area (Å²) < 4.78 is 26.3. The van der Waals surface area contributed by atoms with E-state index in [-0.39, 0.29) is 10.8 Å². The molecule has 0 unspecified atom stereocenters. The minimum atomic E-state index is -3.56. The lowest BCUT2D eigenvalue weighted by atomic mass is 10.2. The third kappa shape index (κ3) is 3.29. The highest BCUT2D eigenvalue weighted by Gasteiger charge is 2.24. The lowest BCUT2D eigenvalue weighted by Crippen LogP contribution is -2.27. The highest BCUT2D eigenvalue weighted by atomic mass is 32.2. The van der Waals surface area contributed by atoms with Crippen molar-refractivity contribution in [1.29, 1.82) is 0 Å². The van der Waals surface area contributed by atoms with Crippen LogP contribution in [-0.4, -0.2) is 37.4 Å². The first kappa shape index (κ1) is 16.5. The number of benzene rings is 1. The quantitative estimate of drug-likeness (QED) is 0.835. The molecular weight excluding hydrogens is 346 g/mol. The summed E-state index contributed by atoms with van der Waals surface area (Å²) in [4.78, 5) is 16.5. The second-order valence-corrected chi connectivity index (χ2v) is 7.93. The minimum absolute atomic E-state index is 0.206.